The summed E-state index contributed by atoms with van der Waals surface area (Å²) >= 11 is 0. The van der Waals surface area contributed by atoms with Crippen LogP contribution in [0.5, 0.6) is 0 Å². The fourth-order valence-electron chi connectivity index (χ4n) is 4.06. The number of hydrogen-bond acceptors (Lipinski definition) is 2. The molecule has 5 heteroatoms. The van der Waals surface area contributed by atoms with Gasteiger partial charge in [-0.15, -0.1) is 0 Å². The molecule has 0 radical (unpaired) electrons. The first-order chi connectivity index (χ1) is 15.3. The lowest BCUT2D eigenvalue weighted by Gasteiger charge is -2.09. The lowest BCUT2D eigenvalue weighted by molar-refractivity contribution is -0.137. The monoisotopic (exact) mass is 426 g/mol. The Morgan fingerprint density at radius 1 is 0.906 bits per heavy atom. The van der Waals surface area contributed by atoms with Gasteiger partial charge in [0, 0.05) is 27.8 Å². The van der Waals surface area contributed by atoms with Gasteiger partial charge < -0.3 is 15.0 Å². The zero-order valence-electron chi connectivity index (χ0n) is 18.5. The number of benzene rings is 3. The van der Waals surface area contributed by atoms with Crippen LogP contribution in [0.1, 0.15) is 38.3 Å². The van der Waals surface area contributed by atoms with Gasteiger partial charge >= 0.3 is 5.97 Å². The van der Waals surface area contributed by atoms with Crippen LogP contribution in [0.15, 0.2) is 66.7 Å². The summed E-state index contributed by atoms with van der Waals surface area (Å²) < 4.78 is 1.85. The Morgan fingerprint density at radius 2 is 1.62 bits per heavy atom. The van der Waals surface area contributed by atoms with E-state index in [0.717, 1.165) is 44.5 Å². The van der Waals surface area contributed by atoms with Crippen LogP contribution in [0.4, 0.5) is 5.69 Å². The van der Waals surface area contributed by atoms with Crippen LogP contribution in [0.25, 0.3) is 10.9 Å². The Morgan fingerprint density at radius 3 is 2.31 bits per heavy atom. The number of carbonyl (C=O) groups excluding carboxylic acids is 1. The van der Waals surface area contributed by atoms with Gasteiger partial charge in [0.05, 0.1) is 0 Å². The first kappa shape index (κ1) is 21.4. The zero-order valence-corrected chi connectivity index (χ0v) is 18.5. The van der Waals surface area contributed by atoms with Gasteiger partial charge in [0.1, 0.15) is 6.54 Å². The first-order valence-electron chi connectivity index (χ1n) is 10.6. The van der Waals surface area contributed by atoms with Crippen LogP contribution in [0.2, 0.25) is 0 Å². The van der Waals surface area contributed by atoms with Crippen molar-refractivity contribution in [3.63, 3.8) is 0 Å². The molecule has 0 atom stereocenters. The Labute approximate surface area is 187 Å². The summed E-state index contributed by atoms with van der Waals surface area (Å²) in [4.78, 5) is 23.9. The highest BCUT2D eigenvalue weighted by Crippen LogP contribution is 2.28. The standard InChI is InChI=1S/C27H26N2O3/c1-17-8-11-21(14-18(17)2)27(32)28-22-12-9-20(10-13-22)15-24-19(3)29(16-26(30)31)25-7-5-4-6-23(24)25/h4-14H,15-16H2,1-3H3,(H,28,32)(H,30,31). The quantitative estimate of drug-likeness (QED) is 0.428. The summed E-state index contributed by atoms with van der Waals surface area (Å²) in [5.74, 6) is -0.988. The molecule has 0 aliphatic carbocycles. The molecule has 0 aliphatic heterocycles. The van der Waals surface area contributed by atoms with Crippen molar-refractivity contribution in [2.24, 2.45) is 0 Å². The predicted octanol–water partition coefficient (Wildman–Crippen LogP) is 5.49. The average Bonchev–Trinajstić information content (AvgIpc) is 3.02. The molecule has 1 amide bonds. The average molecular weight is 427 g/mol. The van der Waals surface area contributed by atoms with Gasteiger partial charge in [0.15, 0.2) is 0 Å². The SMILES string of the molecule is Cc1ccc(C(=O)Nc2ccc(Cc3c(C)n(CC(=O)O)c4ccccc34)cc2)cc1C. The number of aromatic nitrogens is 1. The molecular formula is C27H26N2O3. The number of aryl methyl sites for hydroxylation is 2. The molecule has 2 N–H and O–H groups in total. The molecule has 4 aromatic rings. The highest BCUT2D eigenvalue weighted by molar-refractivity contribution is 6.04. The lowest BCUT2D eigenvalue weighted by atomic mass is 10.0. The number of carboxylic acids is 1. The molecule has 3 aromatic carbocycles. The number of para-hydroxylation sites is 1. The third-order valence-electron chi connectivity index (χ3n) is 6.02. The molecule has 0 bridgehead atoms. The van der Waals surface area contributed by atoms with Crippen molar-refractivity contribution >= 4 is 28.5 Å². The summed E-state index contributed by atoms with van der Waals surface area (Å²) in [6.07, 6.45) is 0.685. The minimum absolute atomic E-state index is 0.0597. The van der Waals surface area contributed by atoms with E-state index in [1.165, 1.54) is 0 Å². The molecule has 32 heavy (non-hydrogen) atoms. The van der Waals surface area contributed by atoms with Crippen LogP contribution >= 0.6 is 0 Å². The number of amides is 1. The van der Waals surface area contributed by atoms with Crippen LogP contribution in [0.3, 0.4) is 0 Å². The molecule has 1 aromatic heterocycles. The molecule has 162 valence electrons. The summed E-state index contributed by atoms with van der Waals surface area (Å²) in [7, 11) is 0. The summed E-state index contributed by atoms with van der Waals surface area (Å²) in [6, 6.07) is 21.4. The maximum Gasteiger partial charge on any atom is 0.323 e. The highest BCUT2D eigenvalue weighted by Gasteiger charge is 2.16. The van der Waals surface area contributed by atoms with E-state index in [1.54, 1.807) is 0 Å². The highest BCUT2D eigenvalue weighted by atomic mass is 16.4. The van der Waals surface area contributed by atoms with Crippen molar-refractivity contribution in [2.45, 2.75) is 33.7 Å². The van der Waals surface area contributed by atoms with Gasteiger partial charge in [-0.3, -0.25) is 9.59 Å². The predicted molar refractivity (Wildman–Crippen MR) is 127 cm³/mol. The van der Waals surface area contributed by atoms with Gasteiger partial charge in [-0.05, 0) is 79.8 Å². The smallest absolute Gasteiger partial charge is 0.323 e. The van der Waals surface area contributed by atoms with E-state index in [9.17, 15) is 14.7 Å². The Kier molecular flexibility index (Phi) is 5.82. The van der Waals surface area contributed by atoms with Crippen molar-refractivity contribution in [2.75, 3.05) is 5.32 Å². The summed E-state index contributed by atoms with van der Waals surface area (Å²) in [5, 5.41) is 13.3. The zero-order chi connectivity index (χ0) is 22.8. The number of nitrogens with zero attached hydrogens (tertiary/aromatic N) is 1. The molecule has 4 rings (SSSR count). The number of nitrogens with one attached hydrogen (secondary N) is 1. The van der Waals surface area contributed by atoms with Crippen molar-refractivity contribution in [3.05, 3.63) is 100 Å². The number of aliphatic carboxylic acids is 1. The summed E-state index contributed by atoms with van der Waals surface area (Å²) in [5.41, 5.74) is 7.72. The molecule has 0 spiro atoms. The second-order valence-electron chi connectivity index (χ2n) is 8.19. The van der Waals surface area contributed by atoms with Crippen LogP contribution in [-0.2, 0) is 17.8 Å². The fourth-order valence-corrected chi connectivity index (χ4v) is 4.06. The Bertz CT molecular complexity index is 1320. The van der Waals surface area contributed by atoms with Gasteiger partial charge in [-0.2, -0.15) is 0 Å². The normalized spacial score (nSPS) is 11.0. The first-order valence-corrected chi connectivity index (χ1v) is 10.6. The van der Waals surface area contributed by atoms with Crippen LogP contribution < -0.4 is 5.32 Å². The third kappa shape index (κ3) is 4.28. The van der Waals surface area contributed by atoms with Gasteiger partial charge in [0.25, 0.3) is 5.91 Å². The maximum absolute atomic E-state index is 12.6. The van der Waals surface area contributed by atoms with Crippen LogP contribution in [-0.4, -0.2) is 21.6 Å². The number of carbonyl (C=O) groups is 2. The molecule has 5 nitrogen and oxygen atoms in total. The van der Waals surface area contributed by atoms with E-state index in [0.29, 0.717) is 12.0 Å². The number of anilines is 1. The minimum Gasteiger partial charge on any atom is -0.480 e. The molecule has 0 saturated carbocycles. The Balaban J connectivity index is 1.55. The molecular weight excluding hydrogens is 400 g/mol. The second-order valence-corrected chi connectivity index (χ2v) is 8.19. The van der Waals surface area contributed by atoms with Crippen molar-refractivity contribution in [3.8, 4) is 0 Å². The van der Waals surface area contributed by atoms with Crippen molar-refractivity contribution in [1.82, 2.24) is 4.57 Å². The van der Waals surface area contributed by atoms with E-state index in [4.69, 9.17) is 0 Å². The maximum atomic E-state index is 12.6. The number of hydrogen-bond donors (Lipinski definition) is 2. The van der Waals surface area contributed by atoms with E-state index in [2.05, 4.69) is 5.32 Å². The largest absolute Gasteiger partial charge is 0.480 e. The number of fused-ring (bicyclic) bond motifs is 1. The topological polar surface area (TPSA) is 71.3 Å². The summed E-state index contributed by atoms with van der Waals surface area (Å²) in [6.45, 7) is 5.93. The molecule has 0 saturated heterocycles. The molecule has 0 unspecified atom stereocenters. The Hall–Kier alpha value is -3.86. The van der Waals surface area contributed by atoms with E-state index in [1.807, 2.05) is 92.1 Å². The molecule has 0 aliphatic rings. The third-order valence-corrected chi connectivity index (χ3v) is 6.02. The molecule has 0 fully saturated rings. The van der Waals surface area contributed by atoms with Gasteiger partial charge in [0.2, 0.25) is 0 Å². The van der Waals surface area contributed by atoms with Gasteiger partial charge in [-0.25, -0.2) is 0 Å². The number of carboxylic acid groups (broad SMARTS) is 1. The van der Waals surface area contributed by atoms with Crippen molar-refractivity contribution < 1.29 is 14.7 Å². The second kappa shape index (κ2) is 8.71. The van der Waals surface area contributed by atoms with Crippen molar-refractivity contribution in [1.29, 1.82) is 0 Å². The lowest BCUT2D eigenvalue weighted by Crippen LogP contribution is -2.12. The van der Waals surface area contributed by atoms with E-state index < -0.39 is 5.97 Å². The van der Waals surface area contributed by atoms with E-state index >= 15 is 0 Å². The number of rotatable bonds is 6. The van der Waals surface area contributed by atoms with Crippen LogP contribution in [0, 0.1) is 20.8 Å². The molecule has 1 heterocycles. The van der Waals surface area contributed by atoms with Gasteiger partial charge in [-0.1, -0.05) is 36.4 Å². The fraction of sp³-hybridized carbons (Fsp3) is 0.185. The minimum atomic E-state index is -0.857. The van der Waals surface area contributed by atoms with E-state index in [-0.39, 0.29) is 12.5 Å².